The van der Waals surface area contributed by atoms with Gasteiger partial charge < -0.3 is 10.4 Å². The van der Waals surface area contributed by atoms with Gasteiger partial charge in [-0.3, -0.25) is 4.98 Å². The molecule has 0 aliphatic rings. The van der Waals surface area contributed by atoms with Gasteiger partial charge in [0.1, 0.15) is 0 Å². The summed E-state index contributed by atoms with van der Waals surface area (Å²) in [5, 5.41) is 11.2. The highest BCUT2D eigenvalue weighted by Gasteiger charge is 2.37. The fourth-order valence-corrected chi connectivity index (χ4v) is 2.14. The summed E-state index contributed by atoms with van der Waals surface area (Å²) in [5.41, 5.74) is 0.572. The number of alkyl halides is 3. The van der Waals surface area contributed by atoms with Crippen molar-refractivity contribution in [3.8, 4) is 0 Å². The van der Waals surface area contributed by atoms with Crippen LogP contribution in [0.25, 0.3) is 0 Å². The first-order chi connectivity index (χ1) is 7.80. The summed E-state index contributed by atoms with van der Waals surface area (Å²) >= 11 is 6.45. The predicted molar refractivity (Wildman–Crippen MR) is 63.4 cm³/mol. The van der Waals surface area contributed by atoms with Gasteiger partial charge in [-0.25, -0.2) is 0 Å². The van der Waals surface area contributed by atoms with Gasteiger partial charge in [0.25, 0.3) is 0 Å². The molecule has 1 rings (SSSR count). The Kier molecular flexibility index (Phi) is 5.36. The second-order valence-corrected chi connectivity index (χ2v) is 5.04. The Morgan fingerprint density at radius 2 is 2.06 bits per heavy atom. The molecule has 1 unspecified atom stereocenters. The maximum absolute atomic E-state index is 12.0. The molecule has 0 radical (unpaired) electrons. The predicted octanol–water partition coefficient (Wildman–Crippen LogP) is 2.62. The number of rotatable bonds is 4. The molecular weight excluding hydrogens is 369 g/mol. The fourth-order valence-electron chi connectivity index (χ4n) is 1.02. The van der Waals surface area contributed by atoms with Gasteiger partial charge in [-0.2, -0.15) is 13.2 Å². The van der Waals surface area contributed by atoms with Gasteiger partial charge in [-0.15, -0.1) is 0 Å². The number of nitrogens with one attached hydrogen (secondary N) is 1. The first-order valence-electron chi connectivity index (χ1n) is 4.56. The van der Waals surface area contributed by atoms with Crippen molar-refractivity contribution in [3.63, 3.8) is 0 Å². The highest BCUT2D eigenvalue weighted by atomic mass is 79.9. The molecule has 1 heterocycles. The zero-order chi connectivity index (χ0) is 13.1. The Hall–Kier alpha value is -0.180. The minimum Gasteiger partial charge on any atom is -0.382 e. The highest BCUT2D eigenvalue weighted by molar-refractivity contribution is 9.11. The van der Waals surface area contributed by atoms with Crippen LogP contribution < -0.4 is 5.32 Å². The van der Waals surface area contributed by atoms with Crippen molar-refractivity contribution in [2.24, 2.45) is 0 Å². The molecule has 2 N–H and O–H groups in total. The number of hydrogen-bond donors (Lipinski definition) is 2. The van der Waals surface area contributed by atoms with Crippen LogP contribution in [0.4, 0.5) is 13.2 Å². The molecule has 1 aromatic rings. The summed E-state index contributed by atoms with van der Waals surface area (Å²) in [7, 11) is 0. The van der Waals surface area contributed by atoms with Gasteiger partial charge in [0.05, 0.1) is 5.69 Å². The molecule has 0 aliphatic carbocycles. The van der Waals surface area contributed by atoms with Crippen LogP contribution in [0, 0.1) is 0 Å². The standard InChI is InChI=1S/C9H9Br2F3N2O/c10-5-1-6(11)7(16-2-5)3-15-4-8(17)9(12,13)14/h1-2,8,15,17H,3-4H2. The highest BCUT2D eigenvalue weighted by Crippen LogP contribution is 2.21. The second-order valence-electron chi connectivity index (χ2n) is 3.27. The number of aromatic nitrogens is 1. The molecule has 0 aromatic carbocycles. The molecule has 0 bridgehead atoms. The zero-order valence-corrected chi connectivity index (χ0v) is 11.6. The molecule has 0 spiro atoms. The topological polar surface area (TPSA) is 45.1 Å². The summed E-state index contributed by atoms with van der Waals surface area (Å²) in [6.07, 6.45) is -5.42. The first kappa shape index (κ1) is 14.9. The minimum absolute atomic E-state index is 0.140. The van der Waals surface area contributed by atoms with Gasteiger partial charge in [0.15, 0.2) is 6.10 Å². The smallest absolute Gasteiger partial charge is 0.382 e. The number of pyridine rings is 1. The van der Waals surface area contributed by atoms with Gasteiger partial charge in [-0.05, 0) is 37.9 Å². The van der Waals surface area contributed by atoms with Gasteiger partial charge in [0.2, 0.25) is 0 Å². The van der Waals surface area contributed by atoms with Crippen molar-refractivity contribution in [3.05, 3.63) is 26.9 Å². The minimum atomic E-state index is -4.60. The van der Waals surface area contributed by atoms with Crippen molar-refractivity contribution < 1.29 is 18.3 Å². The molecular formula is C9H9Br2F3N2O. The molecule has 96 valence electrons. The average Bonchev–Trinajstić information content (AvgIpc) is 2.19. The van der Waals surface area contributed by atoms with E-state index in [0.29, 0.717) is 10.2 Å². The number of halogens is 5. The van der Waals surface area contributed by atoms with E-state index < -0.39 is 18.8 Å². The SMILES string of the molecule is OC(CNCc1ncc(Br)cc1Br)C(F)(F)F. The zero-order valence-electron chi connectivity index (χ0n) is 8.43. The van der Waals surface area contributed by atoms with Crippen LogP contribution in [0.15, 0.2) is 21.2 Å². The molecule has 8 heteroatoms. The van der Waals surface area contributed by atoms with Crippen molar-refractivity contribution in [2.45, 2.75) is 18.8 Å². The van der Waals surface area contributed by atoms with Crippen molar-refractivity contribution in [1.29, 1.82) is 0 Å². The number of nitrogens with zero attached hydrogens (tertiary/aromatic N) is 1. The van der Waals surface area contributed by atoms with Crippen molar-refractivity contribution in [2.75, 3.05) is 6.54 Å². The lowest BCUT2D eigenvalue weighted by molar-refractivity contribution is -0.201. The summed E-state index contributed by atoms with van der Waals surface area (Å²) < 4.78 is 37.4. The summed E-state index contributed by atoms with van der Waals surface area (Å²) in [4.78, 5) is 4.02. The van der Waals surface area contributed by atoms with Gasteiger partial charge in [-0.1, -0.05) is 0 Å². The van der Waals surface area contributed by atoms with Crippen LogP contribution in [0.1, 0.15) is 5.69 Å². The average molecular weight is 378 g/mol. The van der Waals surface area contributed by atoms with Crippen LogP contribution in [-0.2, 0) is 6.54 Å². The summed E-state index contributed by atoms with van der Waals surface area (Å²) in [6.45, 7) is -0.422. The molecule has 0 amide bonds. The second kappa shape index (κ2) is 6.12. The summed E-state index contributed by atoms with van der Waals surface area (Å²) in [6, 6.07) is 1.74. The fraction of sp³-hybridized carbons (Fsp3) is 0.444. The van der Waals surface area contributed by atoms with E-state index in [9.17, 15) is 13.2 Å². The molecule has 1 aromatic heterocycles. The molecule has 0 saturated carbocycles. The third kappa shape index (κ3) is 4.90. The van der Waals surface area contributed by atoms with E-state index in [-0.39, 0.29) is 6.54 Å². The van der Waals surface area contributed by atoms with Crippen molar-refractivity contribution in [1.82, 2.24) is 10.3 Å². The van der Waals surface area contributed by atoms with Crippen molar-refractivity contribution >= 4 is 31.9 Å². The van der Waals surface area contributed by atoms with Crippen LogP contribution in [0.2, 0.25) is 0 Å². The van der Waals surface area contributed by atoms with Gasteiger partial charge in [0, 0.05) is 28.2 Å². The monoisotopic (exact) mass is 376 g/mol. The summed E-state index contributed by atoms with van der Waals surface area (Å²) in [5.74, 6) is 0. The lowest BCUT2D eigenvalue weighted by Gasteiger charge is -2.15. The number of hydrogen-bond acceptors (Lipinski definition) is 3. The lowest BCUT2D eigenvalue weighted by Crippen LogP contribution is -2.38. The Morgan fingerprint density at radius 3 is 2.59 bits per heavy atom. The lowest BCUT2D eigenvalue weighted by atomic mass is 10.3. The van der Waals surface area contributed by atoms with E-state index in [0.717, 1.165) is 4.47 Å². The third-order valence-corrected chi connectivity index (χ3v) is 3.01. The van der Waals surface area contributed by atoms with E-state index in [1.165, 1.54) is 0 Å². The molecule has 0 saturated heterocycles. The maximum atomic E-state index is 12.0. The Bertz CT molecular complexity index is 387. The van der Waals surface area contributed by atoms with Crippen LogP contribution in [0.3, 0.4) is 0 Å². The van der Waals surface area contributed by atoms with E-state index in [1.807, 2.05) is 0 Å². The molecule has 3 nitrogen and oxygen atoms in total. The normalized spacial score (nSPS) is 13.8. The first-order valence-corrected chi connectivity index (χ1v) is 6.14. The van der Waals surface area contributed by atoms with E-state index in [2.05, 4.69) is 42.2 Å². The van der Waals surface area contributed by atoms with Gasteiger partial charge >= 0.3 is 6.18 Å². The molecule has 17 heavy (non-hydrogen) atoms. The van der Waals surface area contributed by atoms with E-state index in [1.54, 1.807) is 12.3 Å². The Morgan fingerprint density at radius 1 is 1.41 bits per heavy atom. The largest absolute Gasteiger partial charge is 0.415 e. The number of aliphatic hydroxyl groups excluding tert-OH is 1. The Balaban J connectivity index is 2.46. The van der Waals surface area contributed by atoms with E-state index >= 15 is 0 Å². The quantitative estimate of drug-likeness (QED) is 0.847. The maximum Gasteiger partial charge on any atom is 0.415 e. The molecule has 1 atom stereocenters. The van der Waals surface area contributed by atoms with Crippen LogP contribution >= 0.6 is 31.9 Å². The molecule has 0 fully saturated rings. The molecule has 0 aliphatic heterocycles. The number of aliphatic hydroxyl groups is 1. The van der Waals surface area contributed by atoms with E-state index in [4.69, 9.17) is 5.11 Å². The third-order valence-electron chi connectivity index (χ3n) is 1.89. The van der Waals surface area contributed by atoms with Crippen LogP contribution in [-0.4, -0.2) is 28.9 Å². The van der Waals surface area contributed by atoms with Crippen LogP contribution in [0.5, 0.6) is 0 Å². The Labute approximate surface area is 113 Å².